The third-order valence-corrected chi connectivity index (χ3v) is 8.13. The number of likely N-dealkylation sites (tertiary alicyclic amines) is 1. The lowest BCUT2D eigenvalue weighted by atomic mass is 9.74. The molecule has 37 heavy (non-hydrogen) atoms. The maximum absolute atomic E-state index is 13.8. The first-order chi connectivity index (χ1) is 18.0. The van der Waals surface area contributed by atoms with Gasteiger partial charge in [0.1, 0.15) is 0 Å². The molecule has 5 rings (SSSR count). The maximum Gasteiger partial charge on any atom is 0.226 e. The number of benzene rings is 3. The van der Waals surface area contributed by atoms with E-state index in [1.165, 1.54) is 33.4 Å². The van der Waals surface area contributed by atoms with E-state index in [9.17, 15) is 4.79 Å². The van der Waals surface area contributed by atoms with Crippen LogP contribution in [-0.4, -0.2) is 43.2 Å². The van der Waals surface area contributed by atoms with Crippen LogP contribution in [0, 0.1) is 19.3 Å². The van der Waals surface area contributed by atoms with Crippen LogP contribution in [0.5, 0.6) is 0 Å². The topological polar surface area (TPSA) is 41.6 Å². The zero-order chi connectivity index (χ0) is 25.7. The molecule has 0 aliphatic carbocycles. The third-order valence-electron chi connectivity index (χ3n) is 8.13. The summed E-state index contributed by atoms with van der Waals surface area (Å²) < 4.78 is 5.71. The van der Waals surface area contributed by atoms with Crippen molar-refractivity contribution in [3.8, 4) is 11.1 Å². The molecule has 2 saturated heterocycles. The van der Waals surface area contributed by atoms with E-state index < -0.39 is 5.41 Å². The van der Waals surface area contributed by atoms with Crippen molar-refractivity contribution < 1.29 is 9.53 Å². The lowest BCUT2D eigenvalue weighted by Gasteiger charge is -2.39. The largest absolute Gasteiger partial charge is 0.381 e. The van der Waals surface area contributed by atoms with Gasteiger partial charge in [0.15, 0.2) is 0 Å². The highest BCUT2D eigenvalue weighted by atomic mass is 16.5. The van der Waals surface area contributed by atoms with Gasteiger partial charge in [0, 0.05) is 38.9 Å². The predicted octanol–water partition coefficient (Wildman–Crippen LogP) is 6.09. The molecule has 4 heteroatoms. The lowest BCUT2D eigenvalue weighted by Crippen LogP contribution is -2.52. The van der Waals surface area contributed by atoms with E-state index in [4.69, 9.17) is 4.74 Å². The molecule has 0 radical (unpaired) electrons. The number of hydrogen-bond acceptors (Lipinski definition) is 3. The van der Waals surface area contributed by atoms with Crippen LogP contribution in [0.25, 0.3) is 11.1 Å². The highest BCUT2D eigenvalue weighted by Crippen LogP contribution is 2.36. The fourth-order valence-electron chi connectivity index (χ4n) is 6.05. The molecule has 2 aliphatic heterocycles. The second kappa shape index (κ2) is 11.6. The Labute approximate surface area is 222 Å². The number of hydrogen-bond donors (Lipinski definition) is 1. The molecule has 1 N–H and O–H groups in total. The van der Waals surface area contributed by atoms with Crippen molar-refractivity contribution >= 4 is 5.91 Å². The molecule has 0 bridgehead atoms. The molecule has 3 aromatic carbocycles. The van der Waals surface area contributed by atoms with Gasteiger partial charge in [-0.05, 0) is 68.2 Å². The van der Waals surface area contributed by atoms with E-state index in [0.717, 1.165) is 51.7 Å². The van der Waals surface area contributed by atoms with Crippen LogP contribution >= 0.6 is 0 Å². The molecular formula is C33H40N2O2. The number of nitrogens with zero attached hydrogens (tertiary/aromatic N) is 1. The number of carbonyl (C=O) groups is 1. The zero-order valence-corrected chi connectivity index (χ0v) is 22.3. The molecule has 0 atom stereocenters. The molecular weight excluding hydrogens is 456 g/mol. The van der Waals surface area contributed by atoms with Gasteiger partial charge in [0.2, 0.25) is 5.91 Å². The minimum atomic E-state index is -0.402. The van der Waals surface area contributed by atoms with E-state index >= 15 is 0 Å². The Bertz CT molecular complexity index is 1170. The summed E-state index contributed by atoms with van der Waals surface area (Å²) in [5.74, 6) is 0.217. The average Bonchev–Trinajstić information content (AvgIpc) is 2.90. The molecule has 0 saturated carbocycles. The zero-order valence-electron chi connectivity index (χ0n) is 22.3. The summed E-state index contributed by atoms with van der Waals surface area (Å²) in [6.45, 7) is 8.63. The quantitative estimate of drug-likeness (QED) is 0.430. The summed E-state index contributed by atoms with van der Waals surface area (Å²) in [5.41, 5.74) is 7.19. The number of piperidine rings is 1. The van der Waals surface area contributed by atoms with E-state index in [0.29, 0.717) is 13.2 Å². The van der Waals surface area contributed by atoms with Crippen LogP contribution in [0.2, 0.25) is 0 Å². The maximum atomic E-state index is 13.8. The summed E-state index contributed by atoms with van der Waals surface area (Å²) in [5, 5.41) is 3.47. The fraction of sp³-hybridized carbons (Fsp3) is 0.424. The number of amides is 1. The van der Waals surface area contributed by atoms with Crippen molar-refractivity contribution in [1.82, 2.24) is 10.2 Å². The van der Waals surface area contributed by atoms with Crippen molar-refractivity contribution in [3.05, 3.63) is 95.1 Å². The summed E-state index contributed by atoms with van der Waals surface area (Å²) in [6.07, 6.45) is 4.33. The Morgan fingerprint density at radius 2 is 1.54 bits per heavy atom. The Balaban J connectivity index is 1.25. The number of aryl methyl sites for hydroxylation is 2. The molecule has 194 valence electrons. The van der Waals surface area contributed by atoms with Crippen LogP contribution in [0.1, 0.15) is 47.9 Å². The van der Waals surface area contributed by atoms with Gasteiger partial charge in [-0.25, -0.2) is 0 Å². The first kappa shape index (κ1) is 25.7. The summed E-state index contributed by atoms with van der Waals surface area (Å²) in [7, 11) is 0. The molecule has 0 aromatic heterocycles. The van der Waals surface area contributed by atoms with E-state index in [-0.39, 0.29) is 11.9 Å². The van der Waals surface area contributed by atoms with Gasteiger partial charge >= 0.3 is 0 Å². The van der Waals surface area contributed by atoms with Gasteiger partial charge in [-0.3, -0.25) is 9.69 Å². The lowest BCUT2D eigenvalue weighted by molar-refractivity contribution is -0.137. The molecule has 0 unspecified atom stereocenters. The molecule has 2 aliphatic rings. The summed E-state index contributed by atoms with van der Waals surface area (Å²) in [6, 6.07) is 26.4. The first-order valence-electron chi connectivity index (χ1n) is 13.8. The molecule has 4 nitrogen and oxygen atoms in total. The number of carbonyl (C=O) groups excluding carboxylic acids is 1. The van der Waals surface area contributed by atoms with Gasteiger partial charge < -0.3 is 10.1 Å². The highest BCUT2D eigenvalue weighted by Gasteiger charge is 2.41. The van der Waals surface area contributed by atoms with Crippen LogP contribution in [0.3, 0.4) is 0 Å². The van der Waals surface area contributed by atoms with Gasteiger partial charge in [0.25, 0.3) is 0 Å². The number of rotatable bonds is 7. The normalized spacial score (nSPS) is 18.4. The Morgan fingerprint density at radius 3 is 2.24 bits per heavy atom. The molecule has 2 heterocycles. The standard InChI is InChI=1S/C33H40N2O2/c1-25-19-26(2)21-30(20-25)29-10-6-9-28(22-29)23-33(13-17-37-18-14-33)32(36)34-31-11-15-35(16-12-31)24-27-7-4-3-5-8-27/h3-10,19-22,31H,11-18,23-24H2,1-2H3,(H,34,36). The minimum Gasteiger partial charge on any atom is -0.381 e. The number of nitrogens with one attached hydrogen (secondary N) is 1. The smallest absolute Gasteiger partial charge is 0.226 e. The summed E-state index contributed by atoms with van der Waals surface area (Å²) in [4.78, 5) is 16.3. The molecule has 3 aromatic rings. The van der Waals surface area contributed by atoms with Crippen molar-refractivity contribution in [2.45, 2.75) is 58.5 Å². The average molecular weight is 497 g/mol. The fourth-order valence-corrected chi connectivity index (χ4v) is 6.05. The monoisotopic (exact) mass is 496 g/mol. The van der Waals surface area contributed by atoms with Gasteiger partial charge in [0.05, 0.1) is 5.41 Å². The molecule has 2 fully saturated rings. The summed E-state index contributed by atoms with van der Waals surface area (Å²) >= 11 is 0. The van der Waals surface area contributed by atoms with Gasteiger partial charge in [-0.1, -0.05) is 83.9 Å². The van der Waals surface area contributed by atoms with Gasteiger partial charge in [-0.2, -0.15) is 0 Å². The van der Waals surface area contributed by atoms with Gasteiger partial charge in [-0.15, -0.1) is 0 Å². The molecule has 0 spiro atoms. The Hall–Kier alpha value is -2.95. The van der Waals surface area contributed by atoms with Crippen LogP contribution in [0.15, 0.2) is 72.8 Å². The Kier molecular flexibility index (Phi) is 8.07. The van der Waals surface area contributed by atoms with E-state index in [1.807, 2.05) is 0 Å². The first-order valence-corrected chi connectivity index (χ1v) is 13.8. The third kappa shape index (κ3) is 6.49. The second-order valence-electron chi connectivity index (χ2n) is 11.2. The highest BCUT2D eigenvalue weighted by molar-refractivity contribution is 5.83. The van der Waals surface area contributed by atoms with Crippen LogP contribution in [-0.2, 0) is 22.5 Å². The Morgan fingerprint density at radius 1 is 0.865 bits per heavy atom. The second-order valence-corrected chi connectivity index (χ2v) is 11.2. The van der Waals surface area contributed by atoms with Crippen molar-refractivity contribution in [3.63, 3.8) is 0 Å². The SMILES string of the molecule is Cc1cc(C)cc(-c2cccc(CC3(C(=O)NC4CCN(Cc5ccccc5)CC4)CCOCC3)c2)c1. The van der Waals surface area contributed by atoms with Crippen LogP contribution in [0.4, 0.5) is 0 Å². The van der Waals surface area contributed by atoms with Crippen molar-refractivity contribution in [2.75, 3.05) is 26.3 Å². The van der Waals surface area contributed by atoms with Crippen molar-refractivity contribution in [1.29, 1.82) is 0 Å². The van der Waals surface area contributed by atoms with E-state index in [1.54, 1.807) is 0 Å². The number of ether oxygens (including phenoxy) is 1. The van der Waals surface area contributed by atoms with Crippen LogP contribution < -0.4 is 5.32 Å². The minimum absolute atomic E-state index is 0.217. The predicted molar refractivity (Wildman–Crippen MR) is 150 cm³/mol. The van der Waals surface area contributed by atoms with E-state index in [2.05, 4.69) is 96.9 Å². The molecule has 1 amide bonds. The van der Waals surface area contributed by atoms with Crippen molar-refractivity contribution in [2.24, 2.45) is 5.41 Å².